The van der Waals surface area contributed by atoms with Gasteiger partial charge in [-0.1, -0.05) is 18.9 Å². The summed E-state index contributed by atoms with van der Waals surface area (Å²) < 4.78 is 19.2. The Hall–Kier alpha value is 0.487. The Morgan fingerprint density at radius 2 is 1.75 bits per heavy atom. The van der Waals surface area contributed by atoms with Gasteiger partial charge in [0, 0.05) is 45.4 Å². The van der Waals surface area contributed by atoms with Crippen molar-refractivity contribution >= 4 is 49.8 Å². The third-order valence-electron chi connectivity index (χ3n) is 2.52. The van der Waals surface area contributed by atoms with Gasteiger partial charge in [0.1, 0.15) is 0 Å². The summed E-state index contributed by atoms with van der Waals surface area (Å²) in [6.45, 7) is 3.03. The summed E-state index contributed by atoms with van der Waals surface area (Å²) in [6.07, 6.45) is 1.08. The van der Waals surface area contributed by atoms with E-state index in [1.807, 2.05) is 11.8 Å². The van der Waals surface area contributed by atoms with Crippen LogP contribution in [0.1, 0.15) is 13.3 Å². The lowest BCUT2D eigenvalue weighted by Crippen LogP contribution is -2.43. The molecule has 0 aliphatic heterocycles. The predicted octanol–water partition coefficient (Wildman–Crippen LogP) is 2.12. The smallest absolute Gasteiger partial charge is 0.377 e. The second kappa shape index (κ2) is 13.2. The Morgan fingerprint density at radius 1 is 1.10 bits per heavy atom. The highest BCUT2D eigenvalue weighted by Gasteiger charge is 2.36. The first-order valence-electron chi connectivity index (χ1n) is 6.53. The average Bonchev–Trinajstić information content (AvgIpc) is 2.48. The molecule has 0 amide bonds. The SMILES string of the molecule is CCCNC(=S)NSCCSCC[Si](OC)(OC)OC. The second-order valence-electron chi connectivity index (χ2n) is 3.86. The number of hydrogen-bond donors (Lipinski definition) is 2. The number of thiocarbonyl (C=S) groups is 1. The van der Waals surface area contributed by atoms with Crippen LogP contribution in [-0.4, -0.2) is 59.0 Å². The van der Waals surface area contributed by atoms with E-state index in [0.29, 0.717) is 5.11 Å². The maximum atomic E-state index is 5.37. The highest BCUT2D eigenvalue weighted by molar-refractivity contribution is 8.02. The van der Waals surface area contributed by atoms with Crippen molar-refractivity contribution in [2.75, 3.05) is 45.1 Å². The topological polar surface area (TPSA) is 51.8 Å². The van der Waals surface area contributed by atoms with Crippen molar-refractivity contribution in [3.05, 3.63) is 0 Å². The van der Waals surface area contributed by atoms with Gasteiger partial charge in [-0.2, -0.15) is 11.8 Å². The normalized spacial score (nSPS) is 11.4. The fourth-order valence-corrected chi connectivity index (χ4v) is 5.63. The van der Waals surface area contributed by atoms with Crippen LogP contribution < -0.4 is 10.0 Å². The fraction of sp³-hybridized carbons (Fsp3) is 0.909. The zero-order valence-electron chi connectivity index (χ0n) is 12.7. The Labute approximate surface area is 137 Å². The lowest BCUT2D eigenvalue weighted by molar-refractivity contribution is 0.125. The molecule has 2 N–H and O–H groups in total. The second-order valence-corrected chi connectivity index (χ2v) is 9.49. The Balaban J connectivity index is 3.51. The lowest BCUT2D eigenvalue weighted by atomic mass is 10.5. The van der Waals surface area contributed by atoms with Crippen LogP contribution in [0, 0.1) is 0 Å². The molecule has 0 unspecified atom stereocenters. The van der Waals surface area contributed by atoms with E-state index in [4.69, 9.17) is 25.5 Å². The van der Waals surface area contributed by atoms with E-state index in [1.165, 1.54) is 0 Å². The van der Waals surface area contributed by atoms with Crippen molar-refractivity contribution in [3.8, 4) is 0 Å². The van der Waals surface area contributed by atoms with Gasteiger partial charge in [-0.3, -0.25) is 0 Å². The molecule has 0 aliphatic rings. The molecule has 0 heterocycles. The summed E-state index contributed by atoms with van der Waals surface area (Å²) in [4.78, 5) is 0. The van der Waals surface area contributed by atoms with Gasteiger partial charge >= 0.3 is 8.80 Å². The Bertz CT molecular complexity index is 251. The zero-order chi connectivity index (χ0) is 15.3. The largest absolute Gasteiger partial charge is 0.500 e. The van der Waals surface area contributed by atoms with Crippen LogP contribution in [0.3, 0.4) is 0 Å². The van der Waals surface area contributed by atoms with E-state index in [0.717, 1.165) is 36.3 Å². The van der Waals surface area contributed by atoms with Crippen LogP contribution in [0.15, 0.2) is 0 Å². The molecular weight excluding hydrogens is 332 g/mol. The minimum atomic E-state index is -2.39. The van der Waals surface area contributed by atoms with Crippen LogP contribution in [-0.2, 0) is 13.3 Å². The van der Waals surface area contributed by atoms with Crippen molar-refractivity contribution in [1.29, 1.82) is 0 Å². The van der Waals surface area contributed by atoms with Gasteiger partial charge in [0.05, 0.1) is 0 Å². The molecule has 20 heavy (non-hydrogen) atoms. The number of rotatable bonds is 12. The molecule has 0 aromatic heterocycles. The molecule has 9 heteroatoms. The number of nitrogens with one attached hydrogen (secondary N) is 2. The first kappa shape index (κ1) is 20.5. The predicted molar refractivity (Wildman–Crippen MR) is 95.4 cm³/mol. The van der Waals surface area contributed by atoms with E-state index in [9.17, 15) is 0 Å². The molecule has 0 fully saturated rings. The Kier molecular flexibility index (Phi) is 13.5. The minimum absolute atomic E-state index is 0.714. The molecule has 0 aliphatic carbocycles. The number of hydrogen-bond acceptors (Lipinski definition) is 6. The molecule has 0 aromatic carbocycles. The summed E-state index contributed by atoms with van der Waals surface area (Å²) in [7, 11) is 2.55. The molecule has 0 spiro atoms. The van der Waals surface area contributed by atoms with Crippen LogP contribution in [0.4, 0.5) is 0 Å². The van der Waals surface area contributed by atoms with Crippen molar-refractivity contribution in [2.24, 2.45) is 0 Å². The molecule has 5 nitrogen and oxygen atoms in total. The third-order valence-corrected chi connectivity index (χ3v) is 7.98. The highest BCUT2D eigenvalue weighted by atomic mass is 32.2. The van der Waals surface area contributed by atoms with Gasteiger partial charge in [0.25, 0.3) is 0 Å². The molecule has 0 atom stereocenters. The molecular formula is C11H26N2O3S3Si. The van der Waals surface area contributed by atoms with Gasteiger partial charge in [-0.25, -0.2) is 0 Å². The minimum Gasteiger partial charge on any atom is -0.377 e. The van der Waals surface area contributed by atoms with Gasteiger partial charge in [0.2, 0.25) is 0 Å². The van der Waals surface area contributed by atoms with E-state index < -0.39 is 8.80 Å². The first-order chi connectivity index (χ1) is 9.64. The standard InChI is InChI=1S/C11H26N2O3S3Si/c1-5-6-12-11(17)13-19-8-7-18-9-10-20(14-2,15-3)16-4/h5-10H2,1-4H3,(H2,12,13,17). The fourth-order valence-electron chi connectivity index (χ4n) is 1.35. The van der Waals surface area contributed by atoms with Crippen LogP contribution in [0.5, 0.6) is 0 Å². The highest BCUT2D eigenvalue weighted by Crippen LogP contribution is 2.17. The van der Waals surface area contributed by atoms with E-state index in [1.54, 1.807) is 33.3 Å². The van der Waals surface area contributed by atoms with Crippen LogP contribution in [0.2, 0.25) is 6.04 Å². The quantitative estimate of drug-likeness (QED) is 0.238. The van der Waals surface area contributed by atoms with Gasteiger partial charge in [-0.05, 0) is 24.4 Å². The molecule has 0 saturated heterocycles. The number of thioether (sulfide) groups is 1. The van der Waals surface area contributed by atoms with Crippen molar-refractivity contribution < 1.29 is 13.3 Å². The average molecular weight is 359 g/mol. The molecule has 0 saturated carbocycles. The van der Waals surface area contributed by atoms with Crippen LogP contribution >= 0.6 is 35.9 Å². The van der Waals surface area contributed by atoms with Crippen molar-refractivity contribution in [2.45, 2.75) is 19.4 Å². The van der Waals surface area contributed by atoms with Gasteiger partial charge < -0.3 is 23.3 Å². The van der Waals surface area contributed by atoms with Gasteiger partial charge in [0.15, 0.2) is 5.11 Å². The lowest BCUT2D eigenvalue weighted by Gasteiger charge is -2.23. The van der Waals surface area contributed by atoms with Gasteiger partial charge in [-0.15, -0.1) is 0 Å². The monoisotopic (exact) mass is 358 g/mol. The first-order valence-corrected chi connectivity index (χ1v) is 11.0. The van der Waals surface area contributed by atoms with Crippen LogP contribution in [0.25, 0.3) is 0 Å². The molecule has 120 valence electrons. The molecule has 0 aromatic rings. The summed E-state index contributed by atoms with van der Waals surface area (Å²) in [5.41, 5.74) is 0. The third kappa shape index (κ3) is 9.43. The summed E-state index contributed by atoms with van der Waals surface area (Å²) >= 11 is 8.62. The maximum Gasteiger partial charge on any atom is 0.500 e. The molecule has 0 bridgehead atoms. The maximum absolute atomic E-state index is 5.37. The van der Waals surface area contributed by atoms with E-state index in [-0.39, 0.29) is 0 Å². The van der Waals surface area contributed by atoms with Crippen molar-refractivity contribution in [3.63, 3.8) is 0 Å². The molecule has 0 rings (SSSR count). The van der Waals surface area contributed by atoms with E-state index >= 15 is 0 Å². The zero-order valence-corrected chi connectivity index (χ0v) is 16.1. The Morgan fingerprint density at radius 3 is 2.30 bits per heavy atom. The van der Waals surface area contributed by atoms with E-state index in [2.05, 4.69) is 17.0 Å². The summed E-state index contributed by atoms with van der Waals surface area (Å²) in [5, 5.41) is 3.84. The molecule has 0 radical (unpaired) electrons. The summed E-state index contributed by atoms with van der Waals surface area (Å²) in [5.74, 6) is 3.02. The summed E-state index contributed by atoms with van der Waals surface area (Å²) in [6, 6.07) is 0.829. The van der Waals surface area contributed by atoms with Crippen molar-refractivity contribution in [1.82, 2.24) is 10.0 Å².